The Hall–Kier alpha value is -0.570. The van der Waals surface area contributed by atoms with E-state index < -0.39 is 0 Å². The van der Waals surface area contributed by atoms with Gasteiger partial charge in [-0.25, -0.2) is 0 Å². The Balaban J connectivity index is 1.79. The van der Waals surface area contributed by atoms with Gasteiger partial charge in [-0.3, -0.25) is 0 Å². The number of halogens is 1. The van der Waals surface area contributed by atoms with Gasteiger partial charge in [-0.05, 0) is 68.8 Å². The molecule has 0 aromatic carbocycles. The summed E-state index contributed by atoms with van der Waals surface area (Å²) in [4.78, 5) is 0. The van der Waals surface area contributed by atoms with E-state index in [4.69, 9.17) is 0 Å². The summed E-state index contributed by atoms with van der Waals surface area (Å²) < 4.78 is 0.728. The molecule has 0 aliphatic heterocycles. The molecule has 0 amide bonds. The number of rotatable bonds is 1. The number of hydrogen-bond donors (Lipinski definition) is 0. The van der Waals surface area contributed by atoms with Crippen molar-refractivity contribution < 1.29 is 0 Å². The standard InChI is InChI=1S/C24H31I/c1-6-16(3)22-21(25)14-20-18-8-7-17-13-15(2)9-11-23(17,4)19(18)10-12-24(20,22)5/h9-11,13,18,20-21H,2,6-8,12,14H2,1,3-5H3/b22-16+/t18?,20?,21-,23+,24+/m1/s1. The third-order valence-corrected chi connectivity index (χ3v) is 8.94. The molecule has 0 radical (unpaired) electrons. The smallest absolute Gasteiger partial charge is 0.0330 e. The zero-order valence-electron chi connectivity index (χ0n) is 16.2. The Labute approximate surface area is 167 Å². The van der Waals surface area contributed by atoms with Crippen LogP contribution >= 0.6 is 22.6 Å². The van der Waals surface area contributed by atoms with Gasteiger partial charge in [0.05, 0.1) is 0 Å². The van der Waals surface area contributed by atoms with Crippen molar-refractivity contribution in [3.63, 3.8) is 0 Å². The molecule has 0 spiro atoms. The second-order valence-electron chi connectivity index (χ2n) is 9.06. The molecule has 2 fully saturated rings. The van der Waals surface area contributed by atoms with Crippen molar-refractivity contribution in [3.8, 4) is 0 Å². The molecule has 4 aliphatic rings. The van der Waals surface area contributed by atoms with Gasteiger partial charge in [0.25, 0.3) is 0 Å². The first-order valence-electron chi connectivity index (χ1n) is 9.95. The predicted octanol–water partition coefficient (Wildman–Crippen LogP) is 7.34. The summed E-state index contributed by atoms with van der Waals surface area (Å²) in [6.07, 6.45) is 16.1. The van der Waals surface area contributed by atoms with Crippen molar-refractivity contribution >= 4 is 22.6 Å². The molecule has 134 valence electrons. The van der Waals surface area contributed by atoms with Gasteiger partial charge in [-0.1, -0.05) is 89.6 Å². The summed E-state index contributed by atoms with van der Waals surface area (Å²) >= 11 is 2.74. The molecular formula is C24H31I. The van der Waals surface area contributed by atoms with Crippen molar-refractivity contribution in [1.29, 1.82) is 0 Å². The largest absolute Gasteiger partial charge is 0.0918 e. The van der Waals surface area contributed by atoms with Crippen molar-refractivity contribution in [2.75, 3.05) is 0 Å². The topological polar surface area (TPSA) is 0 Å². The first-order valence-corrected chi connectivity index (χ1v) is 11.2. The predicted molar refractivity (Wildman–Crippen MR) is 117 cm³/mol. The molecule has 0 aromatic heterocycles. The first-order chi connectivity index (χ1) is 11.8. The molecule has 4 rings (SSSR count). The summed E-state index contributed by atoms with van der Waals surface area (Å²) in [7, 11) is 0. The van der Waals surface area contributed by atoms with Crippen molar-refractivity contribution in [2.24, 2.45) is 22.7 Å². The Kier molecular flexibility index (Phi) is 4.26. The van der Waals surface area contributed by atoms with Gasteiger partial charge < -0.3 is 0 Å². The van der Waals surface area contributed by atoms with Crippen LogP contribution in [0.25, 0.3) is 0 Å². The normalized spacial score (nSPS) is 44.5. The highest BCUT2D eigenvalue weighted by Gasteiger charge is 2.55. The van der Waals surface area contributed by atoms with Gasteiger partial charge in [0.2, 0.25) is 0 Å². The molecule has 0 N–H and O–H groups in total. The maximum absolute atomic E-state index is 4.16. The molecule has 4 aliphatic carbocycles. The third-order valence-electron chi connectivity index (χ3n) is 7.81. The second kappa shape index (κ2) is 5.97. The summed E-state index contributed by atoms with van der Waals surface area (Å²) in [6.45, 7) is 13.9. The quantitative estimate of drug-likeness (QED) is 0.225. The fourth-order valence-electron chi connectivity index (χ4n) is 6.34. The van der Waals surface area contributed by atoms with Crippen LogP contribution in [0.4, 0.5) is 0 Å². The van der Waals surface area contributed by atoms with E-state index in [1.807, 2.05) is 0 Å². The summed E-state index contributed by atoms with van der Waals surface area (Å²) in [5.41, 5.74) is 8.46. The van der Waals surface area contributed by atoms with E-state index in [-0.39, 0.29) is 5.41 Å². The molecule has 1 heteroatoms. The Morgan fingerprint density at radius 3 is 2.84 bits per heavy atom. The highest BCUT2D eigenvalue weighted by Crippen LogP contribution is 2.65. The number of alkyl halides is 1. The molecule has 0 aromatic rings. The van der Waals surface area contributed by atoms with Crippen LogP contribution in [0.3, 0.4) is 0 Å². The fourth-order valence-corrected chi connectivity index (χ4v) is 8.14. The maximum atomic E-state index is 4.16. The van der Waals surface area contributed by atoms with Gasteiger partial charge in [-0.2, -0.15) is 0 Å². The molecule has 25 heavy (non-hydrogen) atoms. The maximum Gasteiger partial charge on any atom is 0.0330 e. The Morgan fingerprint density at radius 2 is 2.12 bits per heavy atom. The molecular weight excluding hydrogens is 415 g/mol. The van der Waals surface area contributed by atoms with E-state index in [9.17, 15) is 0 Å². The lowest BCUT2D eigenvalue weighted by Gasteiger charge is -2.51. The van der Waals surface area contributed by atoms with Crippen LogP contribution in [0.1, 0.15) is 59.8 Å². The zero-order valence-corrected chi connectivity index (χ0v) is 18.3. The monoisotopic (exact) mass is 446 g/mol. The van der Waals surface area contributed by atoms with E-state index in [1.165, 1.54) is 37.7 Å². The van der Waals surface area contributed by atoms with E-state index in [0.717, 1.165) is 15.8 Å². The average Bonchev–Trinajstić information content (AvgIpc) is 2.85. The van der Waals surface area contributed by atoms with Crippen LogP contribution in [-0.2, 0) is 0 Å². The zero-order chi connectivity index (χ0) is 18.0. The van der Waals surface area contributed by atoms with Crippen molar-refractivity contribution in [3.05, 3.63) is 58.7 Å². The molecule has 2 saturated carbocycles. The van der Waals surface area contributed by atoms with Gasteiger partial charge in [0.15, 0.2) is 0 Å². The van der Waals surface area contributed by atoms with Gasteiger partial charge in [-0.15, -0.1) is 0 Å². The Bertz CT molecular complexity index is 746. The molecule has 0 heterocycles. The highest BCUT2D eigenvalue weighted by atomic mass is 127. The van der Waals surface area contributed by atoms with Crippen LogP contribution < -0.4 is 0 Å². The van der Waals surface area contributed by atoms with Gasteiger partial charge >= 0.3 is 0 Å². The molecule has 5 atom stereocenters. The number of allylic oxidation sites excluding steroid dienone is 9. The minimum Gasteiger partial charge on any atom is -0.0918 e. The number of hydrogen-bond acceptors (Lipinski definition) is 0. The van der Waals surface area contributed by atoms with E-state index in [2.05, 4.69) is 81.2 Å². The second-order valence-corrected chi connectivity index (χ2v) is 10.6. The van der Waals surface area contributed by atoms with E-state index in [0.29, 0.717) is 5.41 Å². The van der Waals surface area contributed by atoms with Crippen LogP contribution in [0.2, 0.25) is 0 Å². The molecule has 0 bridgehead atoms. The summed E-state index contributed by atoms with van der Waals surface area (Å²) in [5, 5.41) is 0. The number of fused-ring (bicyclic) bond motifs is 5. The minimum absolute atomic E-state index is 0.151. The van der Waals surface area contributed by atoms with E-state index in [1.54, 1.807) is 22.3 Å². The highest BCUT2D eigenvalue weighted by molar-refractivity contribution is 14.1. The SMILES string of the molecule is C=C1C=C[C@@]2(C)C(=C1)CCC1C2=CC[C@]2(C)/C(=C(\C)CC)[C@H](I)CC12. The lowest BCUT2D eigenvalue weighted by Crippen LogP contribution is -2.42. The van der Waals surface area contributed by atoms with Gasteiger partial charge in [0, 0.05) is 9.34 Å². The molecule has 0 saturated heterocycles. The summed E-state index contributed by atoms with van der Waals surface area (Å²) in [6, 6.07) is 0. The van der Waals surface area contributed by atoms with Crippen LogP contribution in [-0.4, -0.2) is 3.92 Å². The minimum atomic E-state index is 0.151. The Morgan fingerprint density at radius 1 is 1.36 bits per heavy atom. The van der Waals surface area contributed by atoms with Crippen molar-refractivity contribution in [2.45, 2.75) is 63.7 Å². The van der Waals surface area contributed by atoms with Crippen LogP contribution in [0.5, 0.6) is 0 Å². The first kappa shape index (κ1) is 17.8. The third kappa shape index (κ3) is 2.44. The average molecular weight is 446 g/mol. The molecule has 2 unspecified atom stereocenters. The van der Waals surface area contributed by atoms with Gasteiger partial charge in [0.1, 0.15) is 0 Å². The lowest BCUT2D eigenvalue weighted by molar-refractivity contribution is 0.157. The lowest BCUT2D eigenvalue weighted by atomic mass is 9.52. The molecule has 0 nitrogen and oxygen atoms in total. The fraction of sp³-hybridized carbons (Fsp3) is 0.583. The van der Waals surface area contributed by atoms with E-state index >= 15 is 0 Å². The summed E-state index contributed by atoms with van der Waals surface area (Å²) in [5.74, 6) is 1.58. The van der Waals surface area contributed by atoms with Crippen LogP contribution in [0, 0.1) is 22.7 Å². The van der Waals surface area contributed by atoms with Crippen LogP contribution in [0.15, 0.2) is 58.7 Å². The van der Waals surface area contributed by atoms with Crippen molar-refractivity contribution in [1.82, 2.24) is 0 Å².